The van der Waals surface area contributed by atoms with Gasteiger partial charge in [0.2, 0.25) is 10.0 Å². The van der Waals surface area contributed by atoms with Gasteiger partial charge in [0.1, 0.15) is 0 Å². The first-order valence-corrected chi connectivity index (χ1v) is 4.66. The van der Waals surface area contributed by atoms with E-state index in [0.717, 1.165) is 0 Å². The normalized spacial score (nSPS) is 41.1. The third-order valence-electron chi connectivity index (χ3n) is 1.70. The van der Waals surface area contributed by atoms with Crippen molar-refractivity contribution in [3.63, 3.8) is 0 Å². The van der Waals surface area contributed by atoms with E-state index in [1.54, 1.807) is 0 Å². The van der Waals surface area contributed by atoms with Gasteiger partial charge in [0.15, 0.2) is 0 Å². The Morgan fingerprint density at radius 2 is 2.00 bits per heavy atom. The van der Waals surface area contributed by atoms with E-state index in [4.69, 9.17) is 0 Å². The predicted octanol–water partition coefficient (Wildman–Crippen LogP) is -0.0560. The van der Waals surface area contributed by atoms with Gasteiger partial charge in [-0.2, -0.15) is 0 Å². The van der Waals surface area contributed by atoms with E-state index < -0.39 is 10.0 Å². The summed E-state index contributed by atoms with van der Waals surface area (Å²) in [6.45, 7) is 3.82. The summed E-state index contributed by atoms with van der Waals surface area (Å²) >= 11 is 0. The summed E-state index contributed by atoms with van der Waals surface area (Å²) in [6, 6.07) is 0.120. The number of hydrogen-bond donors (Lipinski definition) is 1. The van der Waals surface area contributed by atoms with Crippen molar-refractivity contribution in [3.8, 4) is 0 Å². The topological polar surface area (TPSA) is 46.2 Å². The van der Waals surface area contributed by atoms with E-state index >= 15 is 0 Å². The molecule has 1 rings (SSSR count). The standard InChI is InChI=1S/C5H11NO2S/c1-4-3-9(7,8)6-5(4)2/h4-6H,3H2,1-2H3/t4-,5-/m1/s1. The lowest BCUT2D eigenvalue weighted by atomic mass is 10.1. The Morgan fingerprint density at radius 1 is 1.44 bits per heavy atom. The molecule has 0 aromatic rings. The zero-order valence-corrected chi connectivity index (χ0v) is 6.40. The van der Waals surface area contributed by atoms with Gasteiger partial charge in [-0.25, -0.2) is 13.1 Å². The lowest BCUT2D eigenvalue weighted by molar-refractivity contribution is 0.536. The highest BCUT2D eigenvalue weighted by molar-refractivity contribution is 7.89. The van der Waals surface area contributed by atoms with Crippen LogP contribution in [0.5, 0.6) is 0 Å². The van der Waals surface area contributed by atoms with Gasteiger partial charge in [0.25, 0.3) is 0 Å². The molecule has 0 aliphatic carbocycles. The largest absolute Gasteiger partial charge is 0.212 e. The second-order valence-electron chi connectivity index (χ2n) is 2.67. The molecule has 0 aromatic carbocycles. The summed E-state index contributed by atoms with van der Waals surface area (Å²) in [5.41, 5.74) is 0. The molecule has 2 atom stereocenters. The van der Waals surface area contributed by atoms with Crippen molar-refractivity contribution in [2.45, 2.75) is 19.9 Å². The molecular formula is C5H11NO2S. The van der Waals surface area contributed by atoms with Crippen LogP contribution in [-0.4, -0.2) is 20.2 Å². The Bertz CT molecular complexity index is 181. The molecule has 0 amide bonds. The monoisotopic (exact) mass is 149 g/mol. The van der Waals surface area contributed by atoms with Crippen molar-refractivity contribution in [2.24, 2.45) is 5.92 Å². The molecule has 1 N–H and O–H groups in total. The zero-order valence-electron chi connectivity index (χ0n) is 5.59. The maximum absolute atomic E-state index is 10.7. The number of rotatable bonds is 0. The van der Waals surface area contributed by atoms with Crippen molar-refractivity contribution in [3.05, 3.63) is 0 Å². The fraction of sp³-hybridized carbons (Fsp3) is 1.00. The van der Waals surface area contributed by atoms with Crippen LogP contribution in [0.3, 0.4) is 0 Å². The molecule has 1 aliphatic rings. The fourth-order valence-corrected chi connectivity index (χ4v) is 2.81. The predicted molar refractivity (Wildman–Crippen MR) is 35.5 cm³/mol. The Hall–Kier alpha value is -0.0900. The summed E-state index contributed by atoms with van der Waals surface area (Å²) in [5.74, 6) is 0.545. The molecule has 0 aromatic heterocycles. The number of sulfonamides is 1. The Kier molecular flexibility index (Phi) is 1.52. The van der Waals surface area contributed by atoms with Gasteiger partial charge in [-0.05, 0) is 12.8 Å². The van der Waals surface area contributed by atoms with E-state index in [0.29, 0.717) is 0 Å². The molecule has 1 heterocycles. The summed E-state index contributed by atoms with van der Waals surface area (Å²) in [4.78, 5) is 0. The van der Waals surface area contributed by atoms with E-state index in [1.807, 2.05) is 13.8 Å². The molecule has 0 unspecified atom stereocenters. The number of hydrogen-bond acceptors (Lipinski definition) is 2. The summed E-state index contributed by atoms with van der Waals surface area (Å²) in [7, 11) is -2.89. The van der Waals surface area contributed by atoms with E-state index in [9.17, 15) is 8.42 Å². The minimum absolute atomic E-state index is 0.120. The zero-order chi connectivity index (χ0) is 7.07. The maximum atomic E-state index is 10.7. The quantitative estimate of drug-likeness (QED) is 0.524. The van der Waals surface area contributed by atoms with Gasteiger partial charge in [-0.1, -0.05) is 6.92 Å². The molecule has 0 saturated carbocycles. The summed E-state index contributed by atoms with van der Waals surface area (Å²) < 4.78 is 24.0. The molecule has 9 heavy (non-hydrogen) atoms. The molecule has 1 fully saturated rings. The highest BCUT2D eigenvalue weighted by Gasteiger charge is 2.30. The van der Waals surface area contributed by atoms with Gasteiger partial charge in [-0.15, -0.1) is 0 Å². The third kappa shape index (κ3) is 1.43. The van der Waals surface area contributed by atoms with Gasteiger partial charge in [0.05, 0.1) is 5.75 Å². The minimum atomic E-state index is -2.89. The summed E-state index contributed by atoms with van der Waals surface area (Å²) in [5, 5.41) is 0. The highest BCUT2D eigenvalue weighted by atomic mass is 32.2. The van der Waals surface area contributed by atoms with Crippen LogP contribution < -0.4 is 4.72 Å². The van der Waals surface area contributed by atoms with Crippen LogP contribution in [0, 0.1) is 5.92 Å². The number of nitrogens with one attached hydrogen (secondary N) is 1. The molecular weight excluding hydrogens is 138 g/mol. The van der Waals surface area contributed by atoms with Crippen molar-refractivity contribution < 1.29 is 8.42 Å². The van der Waals surface area contributed by atoms with Crippen LogP contribution in [0.4, 0.5) is 0 Å². The molecule has 1 saturated heterocycles. The smallest absolute Gasteiger partial charge is 0.212 e. The van der Waals surface area contributed by atoms with E-state index in [1.165, 1.54) is 0 Å². The Morgan fingerprint density at radius 3 is 2.11 bits per heavy atom. The molecule has 0 spiro atoms. The highest BCUT2D eigenvalue weighted by Crippen LogP contribution is 2.13. The average molecular weight is 149 g/mol. The first kappa shape index (κ1) is 7.02. The fourth-order valence-electron chi connectivity index (χ4n) is 0.938. The second-order valence-corrected chi connectivity index (χ2v) is 4.46. The molecule has 0 bridgehead atoms. The van der Waals surface area contributed by atoms with Crippen molar-refractivity contribution in [2.75, 3.05) is 5.75 Å². The SMILES string of the molecule is C[C@@H]1CS(=O)(=O)N[C@@H]1C. The van der Waals surface area contributed by atoms with Crippen LogP contribution in [0.15, 0.2) is 0 Å². The van der Waals surface area contributed by atoms with Gasteiger partial charge >= 0.3 is 0 Å². The lowest BCUT2D eigenvalue weighted by Crippen LogP contribution is -2.24. The minimum Gasteiger partial charge on any atom is -0.212 e. The van der Waals surface area contributed by atoms with Gasteiger partial charge < -0.3 is 0 Å². The summed E-state index contributed by atoms with van der Waals surface area (Å²) in [6.07, 6.45) is 0. The first-order chi connectivity index (χ1) is 4.01. The van der Waals surface area contributed by atoms with Crippen molar-refractivity contribution >= 4 is 10.0 Å². The molecule has 1 aliphatic heterocycles. The Balaban J connectivity index is 2.77. The average Bonchev–Trinajstić information content (AvgIpc) is 1.79. The maximum Gasteiger partial charge on any atom is 0.212 e. The van der Waals surface area contributed by atoms with Crippen LogP contribution in [0.2, 0.25) is 0 Å². The van der Waals surface area contributed by atoms with Crippen LogP contribution in [0.25, 0.3) is 0 Å². The molecule has 0 radical (unpaired) electrons. The van der Waals surface area contributed by atoms with Crippen LogP contribution in [0.1, 0.15) is 13.8 Å². The second kappa shape index (κ2) is 1.95. The van der Waals surface area contributed by atoms with Crippen LogP contribution >= 0.6 is 0 Å². The molecule has 3 nitrogen and oxygen atoms in total. The van der Waals surface area contributed by atoms with Crippen molar-refractivity contribution in [1.29, 1.82) is 0 Å². The van der Waals surface area contributed by atoms with Gasteiger partial charge in [-0.3, -0.25) is 0 Å². The third-order valence-corrected chi connectivity index (χ3v) is 3.40. The van der Waals surface area contributed by atoms with Crippen molar-refractivity contribution in [1.82, 2.24) is 4.72 Å². The Labute approximate surface area is 55.5 Å². The first-order valence-electron chi connectivity index (χ1n) is 3.01. The van der Waals surface area contributed by atoms with Crippen LogP contribution in [-0.2, 0) is 10.0 Å². The van der Waals surface area contributed by atoms with E-state index in [2.05, 4.69) is 4.72 Å². The lowest BCUT2D eigenvalue weighted by Gasteiger charge is -2.02. The van der Waals surface area contributed by atoms with E-state index in [-0.39, 0.29) is 17.7 Å². The molecule has 54 valence electrons. The van der Waals surface area contributed by atoms with Gasteiger partial charge in [0, 0.05) is 6.04 Å². The molecule has 4 heteroatoms.